The van der Waals surface area contributed by atoms with Crippen molar-refractivity contribution >= 4 is 15.6 Å². The van der Waals surface area contributed by atoms with Crippen LogP contribution in [0.25, 0.3) is 0 Å². The maximum Gasteiger partial charge on any atom is 0.147 e. The monoisotopic (exact) mass is 222 g/mol. The Labute approximate surface area is 87.8 Å². The zero-order valence-electron chi connectivity index (χ0n) is 9.67. The van der Waals surface area contributed by atoms with Gasteiger partial charge in [0.2, 0.25) is 0 Å². The molecule has 0 aliphatic carbocycles. The third-order valence-electron chi connectivity index (χ3n) is 1.46. The molecule has 0 aliphatic heterocycles. The first-order valence-corrected chi connectivity index (χ1v) is 7.06. The lowest BCUT2D eigenvalue weighted by Crippen LogP contribution is -2.00. The minimum absolute atomic E-state index is 0.307. The van der Waals surface area contributed by atoms with Gasteiger partial charge >= 0.3 is 0 Å². The number of rotatable bonds is 5. The topological polar surface area (TPSA) is 51.2 Å². The lowest BCUT2D eigenvalue weighted by atomic mass is 10.2. The molecule has 0 N–H and O–H groups in total. The van der Waals surface area contributed by atoms with Gasteiger partial charge < -0.3 is 4.79 Å². The molecular formula is C10H22O3S. The van der Waals surface area contributed by atoms with Crippen molar-refractivity contribution in [2.45, 2.75) is 46.5 Å². The average Bonchev–Trinajstić information content (AvgIpc) is 1.99. The highest BCUT2D eigenvalue weighted by Gasteiger charge is 1.95. The summed E-state index contributed by atoms with van der Waals surface area (Å²) in [5, 5.41) is 0. The van der Waals surface area contributed by atoms with Gasteiger partial charge in [-0.1, -0.05) is 20.3 Å². The van der Waals surface area contributed by atoms with Crippen molar-refractivity contribution in [1.82, 2.24) is 0 Å². The van der Waals surface area contributed by atoms with E-state index in [0.717, 1.165) is 25.7 Å². The molecule has 0 saturated carbocycles. The second-order valence-electron chi connectivity index (χ2n) is 3.44. The molecule has 0 aromatic heterocycles. The summed E-state index contributed by atoms with van der Waals surface area (Å²) in [6.45, 7) is 5.57. The summed E-state index contributed by atoms with van der Waals surface area (Å²) in [6, 6.07) is 0. The van der Waals surface area contributed by atoms with Gasteiger partial charge in [-0.05, 0) is 19.8 Å². The van der Waals surface area contributed by atoms with E-state index in [-0.39, 0.29) is 0 Å². The smallest absolute Gasteiger partial charge is 0.147 e. The van der Waals surface area contributed by atoms with Crippen molar-refractivity contribution < 1.29 is 13.2 Å². The summed E-state index contributed by atoms with van der Waals surface area (Å²) in [7, 11) is -2.67. The maximum atomic E-state index is 10.2. The predicted molar refractivity (Wildman–Crippen MR) is 60.2 cm³/mol. The quantitative estimate of drug-likeness (QED) is 0.716. The van der Waals surface area contributed by atoms with E-state index in [9.17, 15) is 13.2 Å². The van der Waals surface area contributed by atoms with Crippen LogP contribution in [0, 0.1) is 0 Å². The van der Waals surface area contributed by atoms with E-state index in [0.29, 0.717) is 11.5 Å². The van der Waals surface area contributed by atoms with Crippen LogP contribution in [-0.2, 0) is 14.6 Å². The standard InChI is InChI=1S/C6H12O.C4H10O2S/c1-3-4-5-6(2)7;1-3-4-7(2,5)6/h3-5H2,1-2H3;3-4H2,1-2H3. The molecule has 0 unspecified atom stereocenters. The molecule has 0 fully saturated rings. The molecule has 0 rings (SSSR count). The van der Waals surface area contributed by atoms with E-state index in [4.69, 9.17) is 0 Å². The molecule has 0 spiro atoms. The van der Waals surface area contributed by atoms with Crippen LogP contribution in [0.15, 0.2) is 0 Å². The Bertz CT molecular complexity index is 230. The van der Waals surface area contributed by atoms with E-state index in [1.807, 2.05) is 6.92 Å². The minimum Gasteiger partial charge on any atom is -0.300 e. The Hall–Kier alpha value is -0.380. The Morgan fingerprint density at radius 2 is 1.64 bits per heavy atom. The highest BCUT2D eigenvalue weighted by atomic mass is 32.2. The Morgan fingerprint density at radius 3 is 1.71 bits per heavy atom. The van der Waals surface area contributed by atoms with Crippen LogP contribution < -0.4 is 0 Å². The number of carbonyl (C=O) groups excluding carboxylic acids is 1. The fraction of sp³-hybridized carbons (Fsp3) is 0.900. The molecule has 0 atom stereocenters. The summed E-state index contributed by atoms with van der Waals surface area (Å²) >= 11 is 0. The van der Waals surface area contributed by atoms with Gasteiger partial charge in [-0.3, -0.25) is 0 Å². The molecule has 0 aliphatic rings. The summed E-state index contributed by atoms with van der Waals surface area (Å²) in [5.41, 5.74) is 0. The second kappa shape index (κ2) is 9.19. The van der Waals surface area contributed by atoms with E-state index >= 15 is 0 Å². The van der Waals surface area contributed by atoms with Crippen LogP contribution in [0.5, 0.6) is 0 Å². The number of unbranched alkanes of at least 4 members (excludes halogenated alkanes) is 1. The molecule has 0 amide bonds. The Morgan fingerprint density at radius 1 is 1.14 bits per heavy atom. The van der Waals surface area contributed by atoms with Gasteiger partial charge in [0.15, 0.2) is 0 Å². The minimum atomic E-state index is -2.67. The van der Waals surface area contributed by atoms with Gasteiger partial charge in [0.05, 0.1) is 0 Å². The van der Waals surface area contributed by atoms with Gasteiger partial charge in [-0.25, -0.2) is 8.42 Å². The zero-order valence-corrected chi connectivity index (χ0v) is 10.5. The highest BCUT2D eigenvalue weighted by Crippen LogP contribution is 1.92. The molecule has 0 bridgehead atoms. The SMILES string of the molecule is CCCCC(C)=O.CCCS(C)(=O)=O. The third kappa shape index (κ3) is 22.6. The predicted octanol–water partition coefficient (Wildman–Crippen LogP) is 2.21. The van der Waals surface area contributed by atoms with Crippen LogP contribution >= 0.6 is 0 Å². The van der Waals surface area contributed by atoms with Crippen LogP contribution in [0.1, 0.15) is 46.5 Å². The number of hydrogen-bond acceptors (Lipinski definition) is 3. The van der Waals surface area contributed by atoms with Crippen molar-refractivity contribution in [2.75, 3.05) is 12.0 Å². The molecule has 0 aromatic rings. The second-order valence-corrected chi connectivity index (χ2v) is 5.70. The van der Waals surface area contributed by atoms with Gasteiger partial charge in [0.25, 0.3) is 0 Å². The lowest BCUT2D eigenvalue weighted by molar-refractivity contribution is -0.117. The molecular weight excluding hydrogens is 200 g/mol. The summed E-state index contributed by atoms with van der Waals surface area (Å²) in [5.74, 6) is 0.620. The lowest BCUT2D eigenvalue weighted by Gasteiger charge is -1.87. The number of sulfone groups is 1. The molecule has 86 valence electrons. The molecule has 0 aromatic carbocycles. The van der Waals surface area contributed by atoms with Crippen molar-refractivity contribution in [3.63, 3.8) is 0 Å². The average molecular weight is 222 g/mol. The zero-order chi connectivity index (χ0) is 11.6. The molecule has 0 saturated heterocycles. The number of carbonyl (C=O) groups is 1. The largest absolute Gasteiger partial charge is 0.300 e. The van der Waals surface area contributed by atoms with Crippen LogP contribution in [0.2, 0.25) is 0 Å². The number of hydrogen-bond donors (Lipinski definition) is 0. The van der Waals surface area contributed by atoms with Crippen LogP contribution in [0.3, 0.4) is 0 Å². The first-order valence-electron chi connectivity index (χ1n) is 5.00. The third-order valence-corrected chi connectivity index (χ3v) is 2.61. The van der Waals surface area contributed by atoms with Crippen molar-refractivity contribution in [3.8, 4) is 0 Å². The normalized spacial score (nSPS) is 10.3. The Kier molecular flexibility index (Phi) is 10.5. The summed E-state index contributed by atoms with van der Waals surface area (Å²) in [6.07, 6.45) is 4.90. The number of Topliss-reactive ketones (excluding diaryl/α,β-unsaturated/α-hetero) is 1. The van der Waals surface area contributed by atoms with E-state index in [2.05, 4.69) is 6.92 Å². The van der Waals surface area contributed by atoms with Crippen molar-refractivity contribution in [3.05, 3.63) is 0 Å². The van der Waals surface area contributed by atoms with Gasteiger partial charge in [0, 0.05) is 18.4 Å². The molecule has 4 heteroatoms. The molecule has 3 nitrogen and oxygen atoms in total. The van der Waals surface area contributed by atoms with Crippen LogP contribution in [0.4, 0.5) is 0 Å². The number of ketones is 1. The van der Waals surface area contributed by atoms with E-state index in [1.165, 1.54) is 6.26 Å². The fourth-order valence-corrected chi connectivity index (χ4v) is 1.54. The molecule has 0 radical (unpaired) electrons. The van der Waals surface area contributed by atoms with Crippen LogP contribution in [-0.4, -0.2) is 26.2 Å². The van der Waals surface area contributed by atoms with E-state index in [1.54, 1.807) is 6.92 Å². The molecule has 0 heterocycles. The summed E-state index contributed by atoms with van der Waals surface area (Å²) < 4.78 is 20.5. The first-order chi connectivity index (χ1) is 6.33. The fourth-order valence-electron chi connectivity index (χ4n) is 0.797. The maximum absolute atomic E-state index is 10.2. The Balaban J connectivity index is 0. The van der Waals surface area contributed by atoms with Crippen molar-refractivity contribution in [2.24, 2.45) is 0 Å². The molecule has 14 heavy (non-hydrogen) atoms. The van der Waals surface area contributed by atoms with Gasteiger partial charge in [0.1, 0.15) is 15.6 Å². The highest BCUT2D eigenvalue weighted by molar-refractivity contribution is 7.90. The van der Waals surface area contributed by atoms with E-state index < -0.39 is 9.84 Å². The first kappa shape index (κ1) is 16.1. The summed E-state index contributed by atoms with van der Waals surface area (Å²) in [4.78, 5) is 10.2. The van der Waals surface area contributed by atoms with Gasteiger partial charge in [-0.2, -0.15) is 0 Å². The van der Waals surface area contributed by atoms with Crippen molar-refractivity contribution in [1.29, 1.82) is 0 Å². The van der Waals surface area contributed by atoms with Gasteiger partial charge in [-0.15, -0.1) is 0 Å².